The van der Waals surface area contributed by atoms with E-state index in [0.717, 1.165) is 6.07 Å². The van der Waals surface area contributed by atoms with Gasteiger partial charge in [-0.25, -0.2) is 4.39 Å². The Bertz CT molecular complexity index is 1320. The van der Waals surface area contributed by atoms with Gasteiger partial charge in [-0.2, -0.15) is 0 Å². The molecule has 8 nitrogen and oxygen atoms in total. The first-order valence-corrected chi connectivity index (χ1v) is 10.2. The predicted molar refractivity (Wildman–Crippen MR) is 119 cm³/mol. The number of rotatable bonds is 6. The van der Waals surface area contributed by atoms with Crippen LogP contribution < -0.4 is 16.2 Å². The summed E-state index contributed by atoms with van der Waals surface area (Å²) in [6, 6.07) is 14.3. The van der Waals surface area contributed by atoms with Gasteiger partial charge >= 0.3 is 5.97 Å². The van der Waals surface area contributed by atoms with Crippen LogP contribution >= 0.6 is 11.6 Å². The Labute approximate surface area is 191 Å². The quantitative estimate of drug-likeness (QED) is 0.479. The van der Waals surface area contributed by atoms with Crippen LogP contribution in [-0.2, 0) is 14.4 Å². The Hall–Kier alpha value is -3.98. The summed E-state index contributed by atoms with van der Waals surface area (Å²) in [6.45, 7) is 0. The van der Waals surface area contributed by atoms with Crippen molar-refractivity contribution in [2.24, 2.45) is 11.3 Å². The van der Waals surface area contributed by atoms with Crippen LogP contribution in [0.1, 0.15) is 6.42 Å². The molecule has 0 radical (unpaired) electrons. The van der Waals surface area contributed by atoms with Gasteiger partial charge in [-0.05, 0) is 48.9 Å². The molecule has 2 atom stereocenters. The number of carboxylic acid groups (broad SMARTS) is 1. The average molecular weight is 470 g/mol. The highest BCUT2D eigenvalue weighted by atomic mass is 35.5. The van der Waals surface area contributed by atoms with Crippen molar-refractivity contribution in [2.45, 2.75) is 6.42 Å². The zero-order valence-electron chi connectivity index (χ0n) is 16.9. The van der Waals surface area contributed by atoms with E-state index in [1.807, 2.05) is 0 Å². The smallest absolute Gasteiger partial charge is 0.320 e. The molecule has 0 spiro atoms. The van der Waals surface area contributed by atoms with E-state index in [1.165, 1.54) is 53.2 Å². The first kappa shape index (κ1) is 22.2. The molecule has 3 N–H and O–H groups in total. The Morgan fingerprint density at radius 3 is 2.42 bits per heavy atom. The third-order valence-corrected chi connectivity index (χ3v) is 5.73. The zero-order valence-corrected chi connectivity index (χ0v) is 17.7. The van der Waals surface area contributed by atoms with Crippen molar-refractivity contribution in [2.75, 3.05) is 10.6 Å². The summed E-state index contributed by atoms with van der Waals surface area (Å²) in [5, 5.41) is 14.9. The van der Waals surface area contributed by atoms with Crippen LogP contribution in [0.4, 0.5) is 15.8 Å². The molecular formula is C23H17ClFN3O5. The van der Waals surface area contributed by atoms with Crippen LogP contribution in [0.15, 0.2) is 71.7 Å². The molecule has 2 unspecified atom stereocenters. The summed E-state index contributed by atoms with van der Waals surface area (Å²) >= 11 is 5.80. The van der Waals surface area contributed by atoms with Crippen molar-refractivity contribution in [1.82, 2.24) is 4.57 Å². The van der Waals surface area contributed by atoms with Crippen molar-refractivity contribution in [3.05, 3.63) is 88.1 Å². The van der Waals surface area contributed by atoms with Crippen molar-refractivity contribution in [3.63, 3.8) is 0 Å². The lowest BCUT2D eigenvalue weighted by molar-refractivity contribution is -0.149. The number of benzene rings is 2. The van der Waals surface area contributed by atoms with Gasteiger partial charge in [0.05, 0.1) is 17.3 Å². The van der Waals surface area contributed by atoms with Gasteiger partial charge in [-0.3, -0.25) is 23.7 Å². The van der Waals surface area contributed by atoms with Gasteiger partial charge in [0.15, 0.2) is 5.41 Å². The maximum atomic E-state index is 14.6. The van der Waals surface area contributed by atoms with E-state index in [2.05, 4.69) is 10.6 Å². The number of hydrogen-bond acceptors (Lipinski definition) is 4. The Morgan fingerprint density at radius 1 is 1.06 bits per heavy atom. The van der Waals surface area contributed by atoms with Gasteiger partial charge in [0.2, 0.25) is 11.8 Å². The molecule has 1 aliphatic carbocycles. The van der Waals surface area contributed by atoms with E-state index < -0.39 is 34.9 Å². The van der Waals surface area contributed by atoms with Gasteiger partial charge in [-0.1, -0.05) is 17.7 Å². The minimum Gasteiger partial charge on any atom is -0.480 e. The molecule has 1 heterocycles. The van der Waals surface area contributed by atoms with Gasteiger partial charge in [0, 0.05) is 29.0 Å². The second kappa shape index (κ2) is 8.51. The molecular weight excluding hydrogens is 453 g/mol. The predicted octanol–water partition coefficient (Wildman–Crippen LogP) is 3.30. The number of hydrogen-bond donors (Lipinski definition) is 3. The van der Waals surface area contributed by atoms with Gasteiger partial charge in [-0.15, -0.1) is 0 Å². The number of carboxylic acids is 1. The normalized spacial score (nSPS) is 18.9. The molecule has 33 heavy (non-hydrogen) atoms. The third-order valence-electron chi connectivity index (χ3n) is 5.48. The molecule has 168 valence electrons. The molecule has 0 aliphatic heterocycles. The van der Waals surface area contributed by atoms with Gasteiger partial charge in [0.1, 0.15) is 5.82 Å². The third kappa shape index (κ3) is 4.22. The fraction of sp³-hybridized carbons (Fsp3) is 0.130. The highest BCUT2D eigenvalue weighted by Crippen LogP contribution is 2.54. The zero-order chi connectivity index (χ0) is 23.8. The summed E-state index contributed by atoms with van der Waals surface area (Å²) in [5.74, 6) is -5.10. The number of amides is 2. The Morgan fingerprint density at radius 2 is 1.79 bits per heavy atom. The van der Waals surface area contributed by atoms with E-state index in [1.54, 1.807) is 12.1 Å². The lowest BCUT2D eigenvalue weighted by Gasteiger charge is -2.14. The fourth-order valence-corrected chi connectivity index (χ4v) is 3.68. The van der Waals surface area contributed by atoms with E-state index in [-0.39, 0.29) is 23.4 Å². The summed E-state index contributed by atoms with van der Waals surface area (Å²) in [4.78, 5) is 49.1. The highest BCUT2D eigenvalue weighted by Gasteiger charge is 2.69. The van der Waals surface area contributed by atoms with Crippen LogP contribution in [0.25, 0.3) is 5.69 Å². The highest BCUT2D eigenvalue weighted by molar-refractivity contribution is 6.30. The molecule has 0 saturated heterocycles. The number of carbonyl (C=O) groups is 3. The van der Waals surface area contributed by atoms with Crippen molar-refractivity contribution in [3.8, 4) is 5.69 Å². The number of aliphatic carboxylic acids is 1. The molecule has 1 saturated carbocycles. The fourth-order valence-electron chi connectivity index (χ4n) is 3.56. The van der Waals surface area contributed by atoms with Crippen LogP contribution in [-0.4, -0.2) is 27.5 Å². The maximum Gasteiger partial charge on any atom is 0.320 e. The van der Waals surface area contributed by atoms with Crippen LogP contribution in [0.3, 0.4) is 0 Å². The Kier molecular flexibility index (Phi) is 5.73. The molecule has 0 bridgehead atoms. The first-order chi connectivity index (χ1) is 15.7. The van der Waals surface area contributed by atoms with Crippen molar-refractivity contribution >= 4 is 40.8 Å². The van der Waals surface area contributed by atoms with Gasteiger partial charge in [0.25, 0.3) is 5.56 Å². The molecule has 1 aliphatic rings. The number of halogens is 2. The van der Waals surface area contributed by atoms with E-state index in [4.69, 9.17) is 11.6 Å². The summed E-state index contributed by atoms with van der Waals surface area (Å²) in [5.41, 5.74) is -1.93. The van der Waals surface area contributed by atoms with E-state index in [9.17, 15) is 28.7 Å². The second-order valence-electron chi connectivity index (χ2n) is 7.56. The SMILES string of the molecule is O=C(Nc1ccc(-n2ccccc2=O)cc1F)C1CC1(C(=O)O)C(=O)Nc1ccc(Cl)cc1. The van der Waals surface area contributed by atoms with Crippen molar-refractivity contribution in [1.29, 1.82) is 0 Å². The van der Waals surface area contributed by atoms with Crippen molar-refractivity contribution < 1.29 is 23.9 Å². The molecule has 1 fully saturated rings. The number of nitrogens with one attached hydrogen (secondary N) is 2. The van der Waals surface area contributed by atoms with E-state index in [0.29, 0.717) is 10.7 Å². The monoisotopic (exact) mass is 469 g/mol. The maximum absolute atomic E-state index is 14.6. The molecule has 2 amide bonds. The van der Waals surface area contributed by atoms with Crippen LogP contribution in [0, 0.1) is 17.2 Å². The summed E-state index contributed by atoms with van der Waals surface area (Å²) < 4.78 is 15.8. The average Bonchev–Trinajstić information content (AvgIpc) is 3.55. The minimum atomic E-state index is -1.96. The molecule has 2 aromatic carbocycles. The second-order valence-corrected chi connectivity index (χ2v) is 7.99. The molecule has 4 rings (SSSR count). The lowest BCUT2D eigenvalue weighted by Crippen LogP contribution is -2.36. The summed E-state index contributed by atoms with van der Waals surface area (Å²) in [7, 11) is 0. The number of pyridine rings is 1. The topological polar surface area (TPSA) is 118 Å². The minimum absolute atomic E-state index is 0.197. The number of anilines is 2. The standard InChI is InChI=1S/C23H17ClFN3O5/c24-13-4-6-14(7-5-13)26-21(31)23(22(32)33)12-16(23)20(30)27-18-9-8-15(11-17(18)25)28-10-2-1-3-19(28)29/h1-11,16H,12H2,(H,26,31)(H,27,30)(H,32,33). The molecule has 1 aromatic heterocycles. The van der Waals surface area contributed by atoms with Crippen LogP contribution in [0.5, 0.6) is 0 Å². The van der Waals surface area contributed by atoms with Crippen LogP contribution in [0.2, 0.25) is 5.02 Å². The Balaban J connectivity index is 1.50. The number of carbonyl (C=O) groups excluding carboxylic acids is 2. The number of aromatic nitrogens is 1. The van der Waals surface area contributed by atoms with Gasteiger partial charge < -0.3 is 15.7 Å². The summed E-state index contributed by atoms with van der Waals surface area (Å²) in [6.07, 6.45) is 1.24. The number of nitrogens with zero attached hydrogens (tertiary/aromatic N) is 1. The molecule has 10 heteroatoms. The van der Waals surface area contributed by atoms with E-state index >= 15 is 0 Å². The first-order valence-electron chi connectivity index (χ1n) is 9.81. The lowest BCUT2D eigenvalue weighted by atomic mass is 10.0. The largest absolute Gasteiger partial charge is 0.480 e. The molecule has 3 aromatic rings.